The number of rotatable bonds is 8. The molecular weight excluding hydrogens is 246 g/mol. The number of ether oxygens (including phenoxy) is 4. The van der Waals surface area contributed by atoms with Gasteiger partial charge in [0.05, 0.1) is 27.9 Å². The smallest absolute Gasteiger partial charge is 0.203 e. The summed E-state index contributed by atoms with van der Waals surface area (Å²) in [6.07, 6.45) is 0. The summed E-state index contributed by atoms with van der Waals surface area (Å²) in [6.45, 7) is 3.54. The van der Waals surface area contributed by atoms with Gasteiger partial charge in [-0.2, -0.15) is 0 Å². The Morgan fingerprint density at radius 1 is 1.00 bits per heavy atom. The molecule has 0 aliphatic heterocycles. The summed E-state index contributed by atoms with van der Waals surface area (Å²) in [5.74, 6) is 1.94. The quantitative estimate of drug-likeness (QED) is 0.732. The molecule has 1 N–H and O–H groups in total. The molecule has 0 fully saturated rings. The highest BCUT2D eigenvalue weighted by atomic mass is 16.5. The Balaban J connectivity index is 2.95. The first-order valence-corrected chi connectivity index (χ1v) is 6.20. The highest BCUT2D eigenvalue weighted by Gasteiger charge is 2.15. The highest BCUT2D eigenvalue weighted by Crippen LogP contribution is 2.39. The van der Waals surface area contributed by atoms with E-state index in [9.17, 15) is 0 Å². The van der Waals surface area contributed by atoms with E-state index in [1.54, 1.807) is 28.4 Å². The molecule has 0 amide bonds. The zero-order valence-corrected chi connectivity index (χ0v) is 12.3. The molecule has 0 bridgehead atoms. The Labute approximate surface area is 114 Å². The normalized spacial score (nSPS) is 12.1. The van der Waals surface area contributed by atoms with Crippen LogP contribution < -0.4 is 19.5 Å². The number of methoxy groups -OCH3 is 4. The summed E-state index contributed by atoms with van der Waals surface area (Å²) in [5, 5.41) is 3.36. The topological polar surface area (TPSA) is 49.0 Å². The minimum absolute atomic E-state index is 0.170. The first-order chi connectivity index (χ1) is 9.17. The zero-order chi connectivity index (χ0) is 14.3. The van der Waals surface area contributed by atoms with Crippen molar-refractivity contribution in [3.8, 4) is 17.2 Å². The molecule has 1 atom stereocenters. The number of hydrogen-bond donors (Lipinski definition) is 1. The summed E-state index contributed by atoms with van der Waals surface area (Å²) in [7, 11) is 6.51. The van der Waals surface area contributed by atoms with Crippen molar-refractivity contribution in [3.05, 3.63) is 17.7 Å². The van der Waals surface area contributed by atoms with Gasteiger partial charge in [-0.3, -0.25) is 0 Å². The van der Waals surface area contributed by atoms with Crippen LogP contribution in [0.2, 0.25) is 0 Å². The van der Waals surface area contributed by atoms with E-state index in [0.29, 0.717) is 23.9 Å². The maximum absolute atomic E-state index is 5.34. The molecule has 108 valence electrons. The van der Waals surface area contributed by atoms with Gasteiger partial charge < -0.3 is 24.3 Å². The largest absolute Gasteiger partial charge is 0.493 e. The standard InChI is InChI=1S/C14H23NO4/c1-10(15-6-7-16-2)11-8-12(17-3)14(19-5)13(9-11)18-4/h8-10,15H,6-7H2,1-5H3. The first kappa shape index (κ1) is 15.6. The van der Waals surface area contributed by atoms with E-state index in [0.717, 1.165) is 12.1 Å². The van der Waals surface area contributed by atoms with Crippen LogP contribution >= 0.6 is 0 Å². The van der Waals surface area contributed by atoms with E-state index in [1.807, 2.05) is 12.1 Å². The lowest BCUT2D eigenvalue weighted by atomic mass is 10.1. The van der Waals surface area contributed by atoms with Crippen molar-refractivity contribution in [3.63, 3.8) is 0 Å². The van der Waals surface area contributed by atoms with Crippen LogP contribution in [0.5, 0.6) is 17.2 Å². The van der Waals surface area contributed by atoms with E-state index >= 15 is 0 Å². The van der Waals surface area contributed by atoms with Gasteiger partial charge in [-0.05, 0) is 24.6 Å². The average molecular weight is 269 g/mol. The molecular formula is C14H23NO4. The first-order valence-electron chi connectivity index (χ1n) is 6.20. The van der Waals surface area contributed by atoms with Crippen molar-refractivity contribution >= 4 is 0 Å². The molecule has 0 spiro atoms. The van der Waals surface area contributed by atoms with Crippen LogP contribution in [0.1, 0.15) is 18.5 Å². The predicted octanol–water partition coefficient (Wildman–Crippen LogP) is 2.01. The van der Waals surface area contributed by atoms with Crippen LogP contribution in [0.4, 0.5) is 0 Å². The summed E-state index contributed by atoms with van der Waals surface area (Å²) in [6, 6.07) is 4.07. The third kappa shape index (κ3) is 4.01. The minimum atomic E-state index is 0.170. The summed E-state index contributed by atoms with van der Waals surface area (Å²) >= 11 is 0. The molecule has 19 heavy (non-hydrogen) atoms. The van der Waals surface area contributed by atoms with E-state index in [-0.39, 0.29) is 6.04 Å². The Bertz CT molecular complexity index is 370. The molecule has 1 aromatic rings. The molecule has 0 aromatic heterocycles. The molecule has 0 heterocycles. The number of hydrogen-bond acceptors (Lipinski definition) is 5. The Hall–Kier alpha value is -1.46. The van der Waals surface area contributed by atoms with Crippen LogP contribution in [0.25, 0.3) is 0 Å². The highest BCUT2D eigenvalue weighted by molar-refractivity contribution is 5.54. The van der Waals surface area contributed by atoms with Crippen LogP contribution in [0.15, 0.2) is 12.1 Å². The van der Waals surface area contributed by atoms with Gasteiger partial charge in [0.15, 0.2) is 11.5 Å². The van der Waals surface area contributed by atoms with E-state index in [1.165, 1.54) is 0 Å². The Morgan fingerprint density at radius 2 is 1.58 bits per heavy atom. The molecule has 0 saturated heterocycles. The second-order valence-electron chi connectivity index (χ2n) is 4.13. The van der Waals surface area contributed by atoms with Gasteiger partial charge in [0.2, 0.25) is 5.75 Å². The molecule has 5 nitrogen and oxygen atoms in total. The maximum Gasteiger partial charge on any atom is 0.203 e. The summed E-state index contributed by atoms with van der Waals surface area (Å²) in [4.78, 5) is 0. The molecule has 5 heteroatoms. The fraction of sp³-hybridized carbons (Fsp3) is 0.571. The van der Waals surface area contributed by atoms with Crippen molar-refractivity contribution in [2.24, 2.45) is 0 Å². The predicted molar refractivity (Wildman–Crippen MR) is 74.4 cm³/mol. The lowest BCUT2D eigenvalue weighted by Crippen LogP contribution is -2.22. The van der Waals surface area contributed by atoms with Crippen LogP contribution in [0.3, 0.4) is 0 Å². The molecule has 0 aliphatic carbocycles. The van der Waals surface area contributed by atoms with Gasteiger partial charge in [-0.1, -0.05) is 0 Å². The van der Waals surface area contributed by atoms with Crippen LogP contribution in [-0.2, 0) is 4.74 Å². The lowest BCUT2D eigenvalue weighted by molar-refractivity contribution is 0.196. The van der Waals surface area contributed by atoms with Crippen LogP contribution in [0, 0.1) is 0 Å². The molecule has 1 rings (SSSR count). The van der Waals surface area contributed by atoms with Crippen molar-refractivity contribution in [1.82, 2.24) is 5.32 Å². The molecule has 1 unspecified atom stereocenters. The van der Waals surface area contributed by atoms with E-state index < -0.39 is 0 Å². The van der Waals surface area contributed by atoms with E-state index in [4.69, 9.17) is 18.9 Å². The fourth-order valence-corrected chi connectivity index (χ4v) is 1.85. The Kier molecular flexibility index (Phi) is 6.45. The SMILES string of the molecule is COCCNC(C)c1cc(OC)c(OC)c(OC)c1. The van der Waals surface area contributed by atoms with Gasteiger partial charge in [0.1, 0.15) is 0 Å². The van der Waals surface area contributed by atoms with Gasteiger partial charge in [-0.25, -0.2) is 0 Å². The van der Waals surface area contributed by atoms with Gasteiger partial charge in [0.25, 0.3) is 0 Å². The molecule has 1 aromatic carbocycles. The van der Waals surface area contributed by atoms with Gasteiger partial charge in [-0.15, -0.1) is 0 Å². The van der Waals surface area contributed by atoms with Crippen molar-refractivity contribution in [1.29, 1.82) is 0 Å². The van der Waals surface area contributed by atoms with Crippen molar-refractivity contribution in [2.75, 3.05) is 41.6 Å². The van der Waals surface area contributed by atoms with E-state index in [2.05, 4.69) is 12.2 Å². The second kappa shape index (κ2) is 7.86. The van der Waals surface area contributed by atoms with Crippen LogP contribution in [-0.4, -0.2) is 41.6 Å². The fourth-order valence-electron chi connectivity index (χ4n) is 1.85. The minimum Gasteiger partial charge on any atom is -0.493 e. The maximum atomic E-state index is 5.34. The molecule has 0 aliphatic rings. The lowest BCUT2D eigenvalue weighted by Gasteiger charge is -2.18. The van der Waals surface area contributed by atoms with Gasteiger partial charge in [0, 0.05) is 19.7 Å². The molecule has 0 saturated carbocycles. The van der Waals surface area contributed by atoms with Crippen molar-refractivity contribution < 1.29 is 18.9 Å². The second-order valence-corrected chi connectivity index (χ2v) is 4.13. The summed E-state index contributed by atoms with van der Waals surface area (Å²) in [5.41, 5.74) is 1.07. The molecule has 0 radical (unpaired) electrons. The van der Waals surface area contributed by atoms with Crippen molar-refractivity contribution in [2.45, 2.75) is 13.0 Å². The monoisotopic (exact) mass is 269 g/mol. The third-order valence-electron chi connectivity index (χ3n) is 2.94. The number of nitrogens with one attached hydrogen (secondary N) is 1. The zero-order valence-electron chi connectivity index (χ0n) is 12.3. The Morgan fingerprint density at radius 3 is 2.00 bits per heavy atom. The number of benzene rings is 1. The van der Waals surface area contributed by atoms with Gasteiger partial charge >= 0.3 is 0 Å². The third-order valence-corrected chi connectivity index (χ3v) is 2.94. The summed E-state index contributed by atoms with van der Waals surface area (Å²) < 4.78 is 21.0. The average Bonchev–Trinajstić information content (AvgIpc) is 2.45.